The van der Waals surface area contributed by atoms with Crippen LogP contribution in [0.25, 0.3) is 0 Å². The van der Waals surface area contributed by atoms with Crippen LogP contribution < -0.4 is 4.90 Å². The van der Waals surface area contributed by atoms with E-state index in [2.05, 4.69) is 36.9 Å². The van der Waals surface area contributed by atoms with E-state index in [4.69, 9.17) is 4.74 Å². The zero-order chi connectivity index (χ0) is 16.2. The molecule has 2 aromatic rings. The van der Waals surface area contributed by atoms with Gasteiger partial charge in [-0.25, -0.2) is 9.97 Å². The lowest BCUT2D eigenvalue weighted by Gasteiger charge is -2.31. The summed E-state index contributed by atoms with van der Waals surface area (Å²) in [5.74, 6) is 0.829. The summed E-state index contributed by atoms with van der Waals surface area (Å²) >= 11 is 0. The number of pyridine rings is 1. The Morgan fingerprint density at radius 1 is 1.00 bits per heavy atom. The van der Waals surface area contributed by atoms with Crippen LogP contribution in [-0.2, 0) is 11.3 Å². The lowest BCUT2D eigenvalue weighted by molar-refractivity contribution is 0.0798. The van der Waals surface area contributed by atoms with E-state index in [1.165, 1.54) is 0 Å². The summed E-state index contributed by atoms with van der Waals surface area (Å²) in [6, 6.07) is 7.97. The SMILES string of the molecule is c1ccc(CN2CCOC[C@]3(CCN(c4ncccn4)C3)C2)nc1. The average Bonchev–Trinajstić information content (AvgIpc) is 2.94. The normalized spacial score (nSPS) is 25.1. The number of rotatable bonds is 3. The summed E-state index contributed by atoms with van der Waals surface area (Å²) in [6.07, 6.45) is 6.60. The third kappa shape index (κ3) is 3.39. The Hall–Kier alpha value is -2.05. The van der Waals surface area contributed by atoms with Crippen molar-refractivity contribution in [2.75, 3.05) is 44.3 Å². The molecule has 0 unspecified atom stereocenters. The van der Waals surface area contributed by atoms with Crippen molar-refractivity contribution in [3.05, 3.63) is 48.5 Å². The maximum Gasteiger partial charge on any atom is 0.225 e. The molecule has 4 heterocycles. The highest BCUT2D eigenvalue weighted by Crippen LogP contribution is 2.35. The molecule has 2 aliphatic heterocycles. The Labute approximate surface area is 142 Å². The molecular weight excluding hydrogens is 302 g/mol. The zero-order valence-electron chi connectivity index (χ0n) is 13.8. The molecule has 0 bridgehead atoms. The molecule has 6 nitrogen and oxygen atoms in total. The van der Waals surface area contributed by atoms with Crippen molar-refractivity contribution in [3.8, 4) is 0 Å². The maximum atomic E-state index is 5.95. The van der Waals surface area contributed by atoms with Gasteiger partial charge in [-0.2, -0.15) is 0 Å². The highest BCUT2D eigenvalue weighted by Gasteiger charge is 2.41. The summed E-state index contributed by atoms with van der Waals surface area (Å²) in [7, 11) is 0. The first kappa shape index (κ1) is 15.5. The molecule has 24 heavy (non-hydrogen) atoms. The Bertz CT molecular complexity index is 653. The van der Waals surface area contributed by atoms with Gasteiger partial charge >= 0.3 is 0 Å². The van der Waals surface area contributed by atoms with E-state index in [0.717, 1.165) is 64.0 Å². The second-order valence-electron chi connectivity index (χ2n) is 6.80. The molecule has 2 aromatic heterocycles. The second kappa shape index (κ2) is 6.83. The molecule has 0 aliphatic carbocycles. The lowest BCUT2D eigenvalue weighted by Crippen LogP contribution is -2.40. The van der Waals surface area contributed by atoms with Gasteiger partial charge in [0, 0.05) is 56.7 Å². The first-order valence-corrected chi connectivity index (χ1v) is 8.55. The number of hydrogen-bond acceptors (Lipinski definition) is 6. The Morgan fingerprint density at radius 3 is 2.71 bits per heavy atom. The summed E-state index contributed by atoms with van der Waals surface area (Å²) in [5.41, 5.74) is 1.28. The summed E-state index contributed by atoms with van der Waals surface area (Å²) in [6.45, 7) is 6.42. The molecule has 2 aliphatic rings. The van der Waals surface area contributed by atoms with Gasteiger partial charge in [-0.15, -0.1) is 0 Å². The van der Waals surface area contributed by atoms with E-state index in [1.807, 2.05) is 30.7 Å². The molecule has 2 fully saturated rings. The Kier molecular flexibility index (Phi) is 4.40. The quantitative estimate of drug-likeness (QED) is 0.854. The number of hydrogen-bond donors (Lipinski definition) is 0. The largest absolute Gasteiger partial charge is 0.379 e. The van der Waals surface area contributed by atoms with Crippen molar-refractivity contribution < 1.29 is 4.74 Å². The number of anilines is 1. The van der Waals surface area contributed by atoms with Gasteiger partial charge in [-0.05, 0) is 24.6 Å². The number of nitrogens with zero attached hydrogens (tertiary/aromatic N) is 5. The fraction of sp³-hybridized carbons (Fsp3) is 0.500. The lowest BCUT2D eigenvalue weighted by atomic mass is 9.87. The van der Waals surface area contributed by atoms with Crippen LogP contribution in [0.3, 0.4) is 0 Å². The molecule has 0 N–H and O–H groups in total. The second-order valence-corrected chi connectivity index (χ2v) is 6.80. The smallest absolute Gasteiger partial charge is 0.225 e. The molecule has 0 radical (unpaired) electrons. The third-order valence-electron chi connectivity index (χ3n) is 4.90. The molecule has 0 saturated carbocycles. The number of ether oxygens (including phenoxy) is 1. The van der Waals surface area contributed by atoms with E-state index in [1.54, 1.807) is 0 Å². The standard InChI is InChI=1S/C18H23N5O/c1-2-6-19-16(4-1)12-22-10-11-24-15-18(13-22)5-9-23(14-18)17-20-7-3-8-21-17/h1-4,6-8H,5,9-15H2/t18-/m1/s1. The van der Waals surface area contributed by atoms with Gasteiger partial charge in [0.15, 0.2) is 0 Å². The van der Waals surface area contributed by atoms with Gasteiger partial charge in [-0.3, -0.25) is 9.88 Å². The molecule has 2 saturated heterocycles. The zero-order valence-corrected chi connectivity index (χ0v) is 13.8. The van der Waals surface area contributed by atoms with Crippen LogP contribution in [0.2, 0.25) is 0 Å². The van der Waals surface area contributed by atoms with Crippen molar-refractivity contribution in [3.63, 3.8) is 0 Å². The van der Waals surface area contributed by atoms with Crippen molar-refractivity contribution in [2.45, 2.75) is 13.0 Å². The van der Waals surface area contributed by atoms with Gasteiger partial charge in [0.1, 0.15) is 0 Å². The monoisotopic (exact) mass is 325 g/mol. The summed E-state index contributed by atoms with van der Waals surface area (Å²) in [4.78, 5) is 18.0. The van der Waals surface area contributed by atoms with Crippen molar-refractivity contribution in [1.29, 1.82) is 0 Å². The van der Waals surface area contributed by atoms with Crippen LogP contribution >= 0.6 is 0 Å². The van der Waals surface area contributed by atoms with Crippen molar-refractivity contribution in [1.82, 2.24) is 19.9 Å². The predicted octanol–water partition coefficient (Wildman–Crippen LogP) is 1.60. The molecular formula is C18H23N5O. The summed E-state index contributed by atoms with van der Waals surface area (Å²) in [5, 5.41) is 0. The van der Waals surface area contributed by atoms with Crippen LogP contribution in [0.15, 0.2) is 42.9 Å². The van der Waals surface area contributed by atoms with E-state index >= 15 is 0 Å². The molecule has 4 rings (SSSR count). The van der Waals surface area contributed by atoms with Crippen LogP contribution in [0, 0.1) is 5.41 Å². The highest BCUT2D eigenvalue weighted by molar-refractivity contribution is 5.32. The average molecular weight is 325 g/mol. The van der Waals surface area contributed by atoms with Crippen LogP contribution in [0.1, 0.15) is 12.1 Å². The van der Waals surface area contributed by atoms with Gasteiger partial charge in [0.2, 0.25) is 5.95 Å². The van der Waals surface area contributed by atoms with E-state index < -0.39 is 0 Å². The molecule has 126 valence electrons. The molecule has 1 spiro atoms. The first-order chi connectivity index (χ1) is 11.8. The number of aromatic nitrogens is 3. The van der Waals surface area contributed by atoms with Crippen LogP contribution in [-0.4, -0.2) is 59.2 Å². The van der Waals surface area contributed by atoms with Gasteiger partial charge in [0.25, 0.3) is 0 Å². The topological polar surface area (TPSA) is 54.4 Å². The fourth-order valence-corrected chi connectivity index (χ4v) is 3.74. The minimum atomic E-state index is 0.157. The van der Waals surface area contributed by atoms with Crippen LogP contribution in [0.5, 0.6) is 0 Å². The minimum absolute atomic E-state index is 0.157. The van der Waals surface area contributed by atoms with Crippen molar-refractivity contribution >= 4 is 5.95 Å². The summed E-state index contributed by atoms with van der Waals surface area (Å²) < 4.78 is 5.95. The molecule has 0 aromatic carbocycles. The van der Waals surface area contributed by atoms with E-state index in [0.29, 0.717) is 0 Å². The van der Waals surface area contributed by atoms with Gasteiger partial charge < -0.3 is 9.64 Å². The third-order valence-corrected chi connectivity index (χ3v) is 4.90. The minimum Gasteiger partial charge on any atom is -0.379 e. The Balaban J connectivity index is 1.46. The highest BCUT2D eigenvalue weighted by atomic mass is 16.5. The maximum absolute atomic E-state index is 5.95. The fourth-order valence-electron chi connectivity index (χ4n) is 3.74. The van der Waals surface area contributed by atoms with Gasteiger partial charge in [-0.1, -0.05) is 6.07 Å². The first-order valence-electron chi connectivity index (χ1n) is 8.55. The molecule has 6 heteroatoms. The van der Waals surface area contributed by atoms with Crippen LogP contribution in [0.4, 0.5) is 5.95 Å². The Morgan fingerprint density at radius 2 is 1.88 bits per heavy atom. The molecule has 1 atom stereocenters. The van der Waals surface area contributed by atoms with E-state index in [-0.39, 0.29) is 5.41 Å². The molecule has 0 amide bonds. The predicted molar refractivity (Wildman–Crippen MR) is 91.6 cm³/mol. The van der Waals surface area contributed by atoms with E-state index in [9.17, 15) is 0 Å². The van der Waals surface area contributed by atoms with Gasteiger partial charge in [0.05, 0.1) is 18.9 Å². The van der Waals surface area contributed by atoms with Crippen molar-refractivity contribution in [2.24, 2.45) is 5.41 Å².